The van der Waals surface area contributed by atoms with E-state index >= 15 is 0 Å². The van der Waals surface area contributed by atoms with Gasteiger partial charge in [-0.25, -0.2) is 9.97 Å². The number of amides is 1. The number of anilines is 2. The van der Waals surface area contributed by atoms with Crippen molar-refractivity contribution in [1.82, 2.24) is 9.97 Å². The zero-order valence-electron chi connectivity index (χ0n) is 9.71. The van der Waals surface area contributed by atoms with Gasteiger partial charge in [0, 0.05) is 18.5 Å². The maximum absolute atomic E-state index is 11.1. The van der Waals surface area contributed by atoms with Gasteiger partial charge in [-0.05, 0) is 12.8 Å². The highest BCUT2D eigenvalue weighted by atomic mass is 127. The van der Waals surface area contributed by atoms with Crippen molar-refractivity contribution >= 4 is 40.1 Å². The van der Waals surface area contributed by atoms with Crippen molar-refractivity contribution in [3.63, 3.8) is 0 Å². The Balaban J connectivity index is 1.82. The highest BCUT2D eigenvalue weighted by molar-refractivity contribution is 14.1. The number of primary amides is 1. The first-order chi connectivity index (χ1) is 8.58. The fourth-order valence-electron chi connectivity index (χ4n) is 2.68. The number of nitrogens with two attached hydrogens (primary N) is 2. The van der Waals surface area contributed by atoms with Crippen LogP contribution in [0.5, 0.6) is 0 Å². The van der Waals surface area contributed by atoms with E-state index < -0.39 is 0 Å². The van der Waals surface area contributed by atoms with E-state index in [0.717, 1.165) is 30.8 Å². The number of alkyl halides is 1. The second-order valence-electron chi connectivity index (χ2n) is 4.84. The molecule has 1 aromatic heterocycles. The van der Waals surface area contributed by atoms with Crippen molar-refractivity contribution in [1.29, 1.82) is 0 Å². The van der Waals surface area contributed by atoms with E-state index in [4.69, 9.17) is 11.5 Å². The second kappa shape index (κ2) is 4.22. The zero-order valence-corrected chi connectivity index (χ0v) is 11.9. The lowest BCUT2D eigenvalue weighted by molar-refractivity contribution is -0.124. The molecule has 1 amide bonds. The lowest BCUT2D eigenvalue weighted by Crippen LogP contribution is -2.48. The fourth-order valence-corrected chi connectivity index (χ4v) is 3.70. The Kier molecular flexibility index (Phi) is 2.80. The van der Waals surface area contributed by atoms with Crippen LogP contribution in [-0.4, -0.2) is 28.5 Å². The predicted octanol–water partition coefficient (Wildman–Crippen LogP) is 0.619. The fraction of sp³-hybridized carbons (Fsp3) is 0.545. The largest absolute Gasteiger partial charge is 0.383 e. The summed E-state index contributed by atoms with van der Waals surface area (Å²) in [5.74, 6) is 1.31. The number of carbonyl (C=O) groups excluding carboxylic acids is 1. The lowest BCUT2D eigenvalue weighted by Gasteiger charge is -2.40. The Bertz CT molecular complexity index is 502. The number of fused-ring (bicyclic) bond motifs is 1. The third-order valence-corrected chi connectivity index (χ3v) is 4.81. The molecule has 96 valence electrons. The highest BCUT2D eigenvalue weighted by Crippen LogP contribution is 2.45. The van der Waals surface area contributed by atoms with Crippen LogP contribution in [0.15, 0.2) is 6.33 Å². The number of carbonyl (C=O) groups is 1. The minimum atomic E-state index is -0.195. The van der Waals surface area contributed by atoms with Gasteiger partial charge in [0.25, 0.3) is 0 Å². The van der Waals surface area contributed by atoms with Gasteiger partial charge in [-0.2, -0.15) is 0 Å². The first-order valence-electron chi connectivity index (χ1n) is 5.88. The molecule has 1 atom stereocenters. The van der Waals surface area contributed by atoms with E-state index in [2.05, 4.69) is 37.5 Å². The summed E-state index contributed by atoms with van der Waals surface area (Å²) in [5.41, 5.74) is 12.2. The standard InChI is InChI=1S/C11H14IN5O/c12-7-3-17(6-1-5(2-6)10(14)18)11-8(7)9(13)15-4-16-11/h4-7H,1-3H2,(H2,14,18)(H2,13,15,16)/t5-,6-,7?. The topological polar surface area (TPSA) is 98.1 Å². The summed E-state index contributed by atoms with van der Waals surface area (Å²) in [7, 11) is 0. The van der Waals surface area contributed by atoms with Gasteiger partial charge >= 0.3 is 0 Å². The number of rotatable bonds is 2. The van der Waals surface area contributed by atoms with Crippen LogP contribution in [0.3, 0.4) is 0 Å². The average molecular weight is 359 g/mol. The van der Waals surface area contributed by atoms with E-state index in [0.29, 0.717) is 15.8 Å². The molecule has 0 saturated heterocycles. The molecule has 3 rings (SSSR count). The Hall–Kier alpha value is -1.12. The Morgan fingerprint density at radius 1 is 1.44 bits per heavy atom. The Morgan fingerprint density at radius 2 is 2.17 bits per heavy atom. The molecule has 4 N–H and O–H groups in total. The summed E-state index contributed by atoms with van der Waals surface area (Å²) in [6.07, 6.45) is 3.14. The van der Waals surface area contributed by atoms with Crippen LogP contribution in [0.1, 0.15) is 22.3 Å². The second-order valence-corrected chi connectivity index (χ2v) is 6.34. The Labute approximate surface area is 118 Å². The summed E-state index contributed by atoms with van der Waals surface area (Å²) in [4.78, 5) is 21.7. The van der Waals surface area contributed by atoms with Crippen LogP contribution in [0.25, 0.3) is 0 Å². The van der Waals surface area contributed by atoms with Gasteiger partial charge in [-0.1, -0.05) is 22.6 Å². The first-order valence-corrected chi connectivity index (χ1v) is 7.13. The number of nitrogen functional groups attached to an aromatic ring is 1. The molecular weight excluding hydrogens is 345 g/mol. The third kappa shape index (κ3) is 1.72. The molecule has 1 aliphatic carbocycles. The van der Waals surface area contributed by atoms with Crippen molar-refractivity contribution in [2.24, 2.45) is 11.7 Å². The van der Waals surface area contributed by atoms with Gasteiger partial charge < -0.3 is 16.4 Å². The van der Waals surface area contributed by atoms with Gasteiger partial charge in [0.15, 0.2) is 0 Å². The van der Waals surface area contributed by atoms with Gasteiger partial charge in [-0.15, -0.1) is 0 Å². The lowest BCUT2D eigenvalue weighted by atomic mass is 9.79. The van der Waals surface area contributed by atoms with Gasteiger partial charge in [0.2, 0.25) is 5.91 Å². The predicted molar refractivity (Wildman–Crippen MR) is 76.3 cm³/mol. The van der Waals surface area contributed by atoms with Crippen LogP contribution in [0.4, 0.5) is 11.6 Å². The number of hydrogen-bond donors (Lipinski definition) is 2. The summed E-state index contributed by atoms with van der Waals surface area (Å²) in [6, 6.07) is 0.357. The maximum atomic E-state index is 11.1. The molecule has 6 nitrogen and oxygen atoms in total. The number of nitrogens with zero attached hydrogens (tertiary/aromatic N) is 3. The van der Waals surface area contributed by atoms with Gasteiger partial charge in [0.05, 0.1) is 9.49 Å². The summed E-state index contributed by atoms with van der Waals surface area (Å²) >= 11 is 2.36. The molecule has 0 spiro atoms. The van der Waals surface area contributed by atoms with E-state index in [-0.39, 0.29) is 11.8 Å². The summed E-state index contributed by atoms with van der Waals surface area (Å²) < 4.78 is 0.312. The number of aromatic nitrogens is 2. The van der Waals surface area contributed by atoms with Gasteiger partial charge in [-0.3, -0.25) is 4.79 Å². The quantitative estimate of drug-likeness (QED) is 0.596. The van der Waals surface area contributed by atoms with Crippen LogP contribution < -0.4 is 16.4 Å². The maximum Gasteiger partial charge on any atom is 0.220 e. The van der Waals surface area contributed by atoms with Crippen molar-refractivity contribution in [2.45, 2.75) is 22.8 Å². The van der Waals surface area contributed by atoms with Crippen molar-refractivity contribution in [3.8, 4) is 0 Å². The molecule has 2 heterocycles. The number of halogens is 1. The first kappa shape index (κ1) is 11.9. The van der Waals surface area contributed by atoms with E-state index in [1.807, 2.05) is 0 Å². The monoisotopic (exact) mass is 359 g/mol. The van der Waals surface area contributed by atoms with Crippen molar-refractivity contribution < 1.29 is 4.79 Å². The molecule has 7 heteroatoms. The van der Waals surface area contributed by atoms with Crippen LogP contribution in [0, 0.1) is 5.92 Å². The molecule has 1 aromatic rings. The molecular formula is C11H14IN5O. The zero-order chi connectivity index (χ0) is 12.9. The van der Waals surface area contributed by atoms with Crippen molar-refractivity contribution in [3.05, 3.63) is 11.9 Å². The van der Waals surface area contributed by atoms with Crippen LogP contribution in [-0.2, 0) is 4.79 Å². The third-order valence-electron chi connectivity index (χ3n) is 3.79. The van der Waals surface area contributed by atoms with Gasteiger partial charge in [0.1, 0.15) is 18.0 Å². The molecule has 0 radical (unpaired) electrons. The highest BCUT2D eigenvalue weighted by Gasteiger charge is 2.42. The van der Waals surface area contributed by atoms with Crippen LogP contribution in [0.2, 0.25) is 0 Å². The molecule has 0 bridgehead atoms. The molecule has 1 unspecified atom stereocenters. The molecule has 2 aliphatic rings. The summed E-state index contributed by atoms with van der Waals surface area (Å²) in [6.45, 7) is 0.884. The molecule has 1 saturated carbocycles. The van der Waals surface area contributed by atoms with Crippen LogP contribution >= 0.6 is 22.6 Å². The molecule has 1 fully saturated rings. The molecule has 0 aromatic carbocycles. The van der Waals surface area contributed by atoms with E-state index in [1.165, 1.54) is 6.33 Å². The minimum Gasteiger partial charge on any atom is -0.383 e. The molecule has 1 aliphatic heterocycles. The van der Waals surface area contributed by atoms with Crippen molar-refractivity contribution in [2.75, 3.05) is 17.2 Å². The minimum absolute atomic E-state index is 0.0193. The number of hydrogen-bond acceptors (Lipinski definition) is 5. The normalized spacial score (nSPS) is 29.8. The SMILES string of the molecule is Nc1ncnc2c1C(I)CN2[C@H]1C[C@H](C(N)=O)C1. The molecule has 18 heavy (non-hydrogen) atoms. The summed E-state index contributed by atoms with van der Waals surface area (Å²) in [5, 5.41) is 0. The Morgan fingerprint density at radius 3 is 2.83 bits per heavy atom. The average Bonchev–Trinajstić information content (AvgIpc) is 2.55. The van der Waals surface area contributed by atoms with E-state index in [1.54, 1.807) is 0 Å². The smallest absolute Gasteiger partial charge is 0.220 e. The van der Waals surface area contributed by atoms with E-state index in [9.17, 15) is 4.79 Å².